The summed E-state index contributed by atoms with van der Waals surface area (Å²) in [5.41, 5.74) is -6.37. The molecule has 42 heavy (non-hydrogen) atoms. The summed E-state index contributed by atoms with van der Waals surface area (Å²) in [6, 6.07) is 2.33. The van der Waals surface area contributed by atoms with E-state index in [0.29, 0.717) is 0 Å². The van der Waals surface area contributed by atoms with E-state index in [1.165, 1.54) is 13.8 Å². The van der Waals surface area contributed by atoms with Gasteiger partial charge in [-0.05, 0) is 43.1 Å². The van der Waals surface area contributed by atoms with Crippen LogP contribution in [0.25, 0.3) is 0 Å². The standard InChI is InChI=1S/C31H46O10Si/c1-10-22(34)39-27-25-29(9,26(36)24(35)23-17(5)19(33)15-31(27,37)28(23,7)8)20(41-42(11-2,12-3)13-4)14-21-30(25,16-38-21)40-18(6)32/h10,20-21,24-25,27,35,37H,1,11-16H2,2-9H3/t20-,21+,24+,25-,27-,29+,30-,31+/m0/s1. The van der Waals surface area contributed by atoms with Crippen LogP contribution in [0, 0.1) is 16.7 Å². The van der Waals surface area contributed by atoms with Crippen LogP contribution in [0.3, 0.4) is 0 Å². The minimum absolute atomic E-state index is 0.0860. The molecule has 0 amide bonds. The smallest absolute Gasteiger partial charge is 0.330 e. The molecule has 0 radical (unpaired) electrons. The molecule has 2 N–H and O–H groups in total. The Balaban J connectivity index is 2.11. The van der Waals surface area contributed by atoms with Crippen LogP contribution >= 0.6 is 0 Å². The number of carbonyl (C=O) groups is 4. The molecular weight excluding hydrogens is 560 g/mol. The van der Waals surface area contributed by atoms with Gasteiger partial charge in [0.1, 0.15) is 23.9 Å². The largest absolute Gasteiger partial charge is 0.456 e. The average molecular weight is 607 g/mol. The van der Waals surface area contributed by atoms with E-state index in [0.717, 1.165) is 24.2 Å². The van der Waals surface area contributed by atoms with Crippen LogP contribution in [-0.2, 0) is 37.8 Å². The second-order valence-corrected chi connectivity index (χ2v) is 17.9. The van der Waals surface area contributed by atoms with Gasteiger partial charge in [-0.2, -0.15) is 0 Å². The van der Waals surface area contributed by atoms with Crippen molar-refractivity contribution in [3.8, 4) is 0 Å². The molecule has 1 aliphatic heterocycles. The quantitative estimate of drug-likeness (QED) is 0.240. The fourth-order valence-electron chi connectivity index (χ4n) is 8.35. The number of hydrogen-bond donors (Lipinski definition) is 2. The van der Waals surface area contributed by atoms with Crippen LogP contribution < -0.4 is 0 Å². The second-order valence-electron chi connectivity index (χ2n) is 13.2. The molecule has 2 saturated carbocycles. The molecule has 4 rings (SSSR count). The van der Waals surface area contributed by atoms with Crippen molar-refractivity contribution in [1.82, 2.24) is 0 Å². The van der Waals surface area contributed by atoms with Crippen molar-refractivity contribution in [2.75, 3.05) is 6.61 Å². The number of ether oxygens (including phenoxy) is 3. The number of aliphatic hydroxyl groups is 2. The molecule has 10 nitrogen and oxygen atoms in total. The summed E-state index contributed by atoms with van der Waals surface area (Å²) in [5, 5.41) is 24.6. The fourth-order valence-corrected chi connectivity index (χ4v) is 11.3. The highest BCUT2D eigenvalue weighted by Crippen LogP contribution is 2.64. The molecule has 0 unspecified atom stereocenters. The van der Waals surface area contributed by atoms with Crippen molar-refractivity contribution < 1.29 is 48.0 Å². The van der Waals surface area contributed by atoms with Crippen LogP contribution in [0.4, 0.5) is 0 Å². The summed E-state index contributed by atoms with van der Waals surface area (Å²) in [4.78, 5) is 53.9. The zero-order chi connectivity index (χ0) is 31.6. The van der Waals surface area contributed by atoms with Gasteiger partial charge < -0.3 is 28.8 Å². The highest BCUT2D eigenvalue weighted by atomic mass is 28.4. The van der Waals surface area contributed by atoms with Gasteiger partial charge in [0.2, 0.25) is 0 Å². The van der Waals surface area contributed by atoms with Crippen molar-refractivity contribution in [3.63, 3.8) is 0 Å². The van der Waals surface area contributed by atoms with E-state index in [2.05, 4.69) is 27.4 Å². The monoisotopic (exact) mass is 606 g/mol. The lowest BCUT2D eigenvalue weighted by molar-refractivity contribution is -0.344. The average Bonchev–Trinajstić information content (AvgIpc) is 2.92. The van der Waals surface area contributed by atoms with E-state index in [4.69, 9.17) is 18.6 Å². The third-order valence-corrected chi connectivity index (χ3v) is 15.9. The summed E-state index contributed by atoms with van der Waals surface area (Å²) >= 11 is 0. The summed E-state index contributed by atoms with van der Waals surface area (Å²) in [6.45, 7) is 17.3. The highest BCUT2D eigenvalue weighted by Gasteiger charge is 2.78. The third-order valence-electron chi connectivity index (χ3n) is 11.2. The molecule has 1 saturated heterocycles. The number of hydrogen-bond acceptors (Lipinski definition) is 10. The van der Waals surface area contributed by atoms with Gasteiger partial charge in [-0.3, -0.25) is 14.4 Å². The van der Waals surface area contributed by atoms with E-state index in [1.54, 1.807) is 20.8 Å². The minimum atomic E-state index is -2.40. The van der Waals surface area contributed by atoms with Crippen molar-refractivity contribution in [3.05, 3.63) is 23.8 Å². The molecule has 3 fully saturated rings. The number of carbonyl (C=O) groups excluding carboxylic acids is 4. The minimum Gasteiger partial charge on any atom is -0.456 e. The zero-order valence-electron chi connectivity index (χ0n) is 26.1. The maximum absolute atomic E-state index is 14.9. The number of allylic oxidation sites excluding steroid dienone is 1. The maximum Gasteiger partial charge on any atom is 0.330 e. The van der Waals surface area contributed by atoms with Gasteiger partial charge in [0.15, 0.2) is 25.5 Å². The molecular formula is C31H46O10Si. The number of fused-ring (bicyclic) bond motifs is 5. The molecule has 234 valence electrons. The van der Waals surface area contributed by atoms with Gasteiger partial charge in [-0.25, -0.2) is 4.79 Å². The third kappa shape index (κ3) is 4.33. The van der Waals surface area contributed by atoms with Crippen LogP contribution in [0.1, 0.15) is 68.2 Å². The first-order valence-corrected chi connectivity index (χ1v) is 17.5. The van der Waals surface area contributed by atoms with E-state index >= 15 is 0 Å². The Morgan fingerprint density at radius 2 is 1.74 bits per heavy atom. The van der Waals surface area contributed by atoms with E-state index in [9.17, 15) is 29.4 Å². The molecule has 4 aliphatic rings. The van der Waals surface area contributed by atoms with E-state index in [-0.39, 0.29) is 24.2 Å². The lowest BCUT2D eigenvalue weighted by atomic mass is 9.45. The molecule has 11 heteroatoms. The number of aliphatic hydroxyl groups excluding tert-OH is 1. The molecule has 8 atom stereocenters. The Kier molecular flexibility index (Phi) is 8.39. The topological polar surface area (TPSA) is 146 Å². The Morgan fingerprint density at radius 3 is 2.21 bits per heavy atom. The van der Waals surface area contributed by atoms with Crippen molar-refractivity contribution in [2.45, 2.75) is 122 Å². The van der Waals surface area contributed by atoms with Gasteiger partial charge >= 0.3 is 11.9 Å². The van der Waals surface area contributed by atoms with Crippen molar-refractivity contribution in [1.29, 1.82) is 0 Å². The highest BCUT2D eigenvalue weighted by molar-refractivity contribution is 6.73. The Labute approximate surface area is 248 Å². The van der Waals surface area contributed by atoms with Crippen LogP contribution in [0.5, 0.6) is 0 Å². The first kappa shape index (κ1) is 32.7. The summed E-state index contributed by atoms with van der Waals surface area (Å²) in [5.74, 6) is -3.87. The lowest BCUT2D eigenvalue weighted by Crippen LogP contribution is -2.82. The van der Waals surface area contributed by atoms with Gasteiger partial charge in [0.25, 0.3) is 0 Å². The summed E-state index contributed by atoms with van der Waals surface area (Å²) < 4.78 is 25.0. The normalized spacial score (nSPS) is 39.2. The predicted octanol–water partition coefficient (Wildman–Crippen LogP) is 3.19. The van der Waals surface area contributed by atoms with Gasteiger partial charge in [0.05, 0.1) is 24.0 Å². The summed E-state index contributed by atoms with van der Waals surface area (Å²) in [6.07, 6.45) is -4.17. The number of ketones is 2. The molecule has 3 aliphatic carbocycles. The lowest BCUT2D eigenvalue weighted by Gasteiger charge is -2.68. The Bertz CT molecular complexity index is 1210. The first-order valence-electron chi connectivity index (χ1n) is 15.0. The molecule has 0 spiro atoms. The number of rotatable bonds is 8. The summed E-state index contributed by atoms with van der Waals surface area (Å²) in [7, 11) is -2.40. The van der Waals surface area contributed by atoms with Gasteiger partial charge in [0, 0.05) is 31.3 Å². The van der Waals surface area contributed by atoms with Crippen molar-refractivity contribution >= 4 is 31.8 Å². The van der Waals surface area contributed by atoms with E-state index in [1.807, 2.05) is 0 Å². The molecule has 0 aromatic heterocycles. The zero-order valence-corrected chi connectivity index (χ0v) is 27.1. The molecule has 0 aromatic carbocycles. The molecule has 2 bridgehead atoms. The van der Waals surface area contributed by atoms with Crippen LogP contribution in [0.2, 0.25) is 18.1 Å². The van der Waals surface area contributed by atoms with E-state index < -0.39 is 90.6 Å². The SMILES string of the molecule is C=CC(=O)O[C@H]1[C@@H]2[C@]3(OC(C)=O)CO[C@@H]3C[C@H](O[Si](CC)(CC)CC)[C@@]2(C)C(=O)[C@H](O)C2=C(C)C(=O)C[C@]1(O)C2(C)C. The van der Waals surface area contributed by atoms with Gasteiger partial charge in [-0.15, -0.1) is 0 Å². The number of esters is 2. The van der Waals surface area contributed by atoms with Crippen LogP contribution in [0.15, 0.2) is 23.8 Å². The second kappa shape index (κ2) is 10.8. The fraction of sp³-hybridized carbons (Fsp3) is 0.742. The van der Waals surface area contributed by atoms with Crippen LogP contribution in [-0.4, -0.2) is 84.3 Å². The first-order chi connectivity index (χ1) is 19.5. The molecule has 0 aromatic rings. The van der Waals surface area contributed by atoms with Crippen molar-refractivity contribution in [2.24, 2.45) is 16.7 Å². The predicted molar refractivity (Wildman–Crippen MR) is 155 cm³/mol. The Hall–Kier alpha value is -2.18. The number of Topliss-reactive ketones (excluding diaryl/α,β-unsaturated/α-hetero) is 2. The Morgan fingerprint density at radius 1 is 1.14 bits per heavy atom. The maximum atomic E-state index is 14.9. The van der Waals surface area contributed by atoms with Gasteiger partial charge in [-0.1, -0.05) is 41.2 Å². The molecule has 1 heterocycles.